The molecule has 0 amide bonds. The lowest BCUT2D eigenvalue weighted by molar-refractivity contribution is -0.167. The van der Waals surface area contributed by atoms with Gasteiger partial charge in [-0.3, -0.25) is 14.4 Å². The summed E-state index contributed by atoms with van der Waals surface area (Å²) in [5, 5.41) is 0. The third-order valence-electron chi connectivity index (χ3n) is 15.0. The molecule has 0 aromatic heterocycles. The van der Waals surface area contributed by atoms with Gasteiger partial charge < -0.3 is 14.2 Å². The van der Waals surface area contributed by atoms with Crippen molar-refractivity contribution in [2.75, 3.05) is 13.2 Å². The number of rotatable bonds is 63. The largest absolute Gasteiger partial charge is 0.462 e. The van der Waals surface area contributed by atoms with Gasteiger partial charge in [0, 0.05) is 19.3 Å². The van der Waals surface area contributed by atoms with E-state index in [1.165, 1.54) is 167 Å². The van der Waals surface area contributed by atoms with Gasteiger partial charge in [0.2, 0.25) is 0 Å². The fraction of sp³-hybridized carbons (Fsp3) is 0.724. The summed E-state index contributed by atoms with van der Waals surface area (Å²) in [6, 6.07) is 0. The van der Waals surface area contributed by atoms with E-state index in [2.05, 4.69) is 130 Å². The summed E-state index contributed by atoms with van der Waals surface area (Å²) < 4.78 is 17.0. The lowest BCUT2D eigenvalue weighted by Gasteiger charge is -2.18. The molecule has 1 unspecified atom stereocenters. The number of allylic oxidation sites excluding steroid dienone is 18. The third kappa shape index (κ3) is 66.9. The molecule has 0 aromatic rings. The third-order valence-corrected chi connectivity index (χ3v) is 15.0. The van der Waals surface area contributed by atoms with Crippen LogP contribution in [0.4, 0.5) is 0 Å². The molecule has 470 valence electrons. The highest BCUT2D eigenvalue weighted by molar-refractivity contribution is 5.71. The Kier molecular flexibility index (Phi) is 66.2. The SMILES string of the molecule is CC/C=C\C/C=C\C/C=C\C/C=C\C/C=C\C/C=C\C/C=C\C/C=C\CCCCCCCCC(=O)OCC(COC(=O)CCCCCCC/C=C\CCCCCC)OC(=O)CCCCCCCCCCCCCCCCCCCCCC. The molecule has 1 atom stereocenters. The van der Waals surface area contributed by atoms with Crippen LogP contribution in [-0.4, -0.2) is 37.2 Å². The predicted molar refractivity (Wildman–Crippen MR) is 357 cm³/mol. The minimum absolute atomic E-state index is 0.0845. The predicted octanol–water partition coefficient (Wildman–Crippen LogP) is 24.2. The van der Waals surface area contributed by atoms with Crippen molar-refractivity contribution in [2.24, 2.45) is 0 Å². The van der Waals surface area contributed by atoms with Crippen LogP contribution in [0.15, 0.2) is 109 Å². The summed E-state index contributed by atoms with van der Waals surface area (Å²) >= 11 is 0. The Morgan fingerprint density at radius 3 is 0.768 bits per heavy atom. The van der Waals surface area contributed by atoms with E-state index in [1.54, 1.807) is 0 Å². The van der Waals surface area contributed by atoms with Gasteiger partial charge >= 0.3 is 17.9 Å². The fourth-order valence-corrected chi connectivity index (χ4v) is 9.81. The van der Waals surface area contributed by atoms with Crippen molar-refractivity contribution in [1.29, 1.82) is 0 Å². The van der Waals surface area contributed by atoms with Gasteiger partial charge in [0.1, 0.15) is 13.2 Å². The normalized spacial score (nSPS) is 12.8. The zero-order valence-electron chi connectivity index (χ0n) is 54.0. The first-order valence-electron chi connectivity index (χ1n) is 34.9. The van der Waals surface area contributed by atoms with Crippen LogP contribution in [0.1, 0.15) is 335 Å². The molecule has 0 aliphatic rings. The van der Waals surface area contributed by atoms with E-state index in [1.807, 2.05) is 0 Å². The number of ether oxygens (including phenoxy) is 3. The maximum Gasteiger partial charge on any atom is 0.306 e. The van der Waals surface area contributed by atoms with Crippen molar-refractivity contribution in [1.82, 2.24) is 0 Å². The van der Waals surface area contributed by atoms with E-state index in [0.717, 1.165) is 128 Å². The van der Waals surface area contributed by atoms with Crippen LogP contribution in [0.25, 0.3) is 0 Å². The Bertz CT molecular complexity index is 1640. The van der Waals surface area contributed by atoms with E-state index in [0.29, 0.717) is 19.3 Å². The molecule has 0 fully saturated rings. The topological polar surface area (TPSA) is 78.9 Å². The maximum atomic E-state index is 12.9. The molecule has 82 heavy (non-hydrogen) atoms. The summed E-state index contributed by atoms with van der Waals surface area (Å²) in [4.78, 5) is 38.4. The molecule has 0 aromatic carbocycles. The summed E-state index contributed by atoms with van der Waals surface area (Å²) in [5.41, 5.74) is 0. The summed E-state index contributed by atoms with van der Waals surface area (Å²) in [7, 11) is 0. The fourth-order valence-electron chi connectivity index (χ4n) is 9.81. The van der Waals surface area contributed by atoms with Gasteiger partial charge in [0.05, 0.1) is 0 Å². The molecule has 0 heterocycles. The number of carbonyl (C=O) groups is 3. The first-order valence-corrected chi connectivity index (χ1v) is 34.9. The zero-order valence-corrected chi connectivity index (χ0v) is 54.0. The highest BCUT2D eigenvalue weighted by atomic mass is 16.6. The maximum absolute atomic E-state index is 12.9. The van der Waals surface area contributed by atoms with Gasteiger partial charge in [-0.1, -0.05) is 316 Å². The van der Waals surface area contributed by atoms with E-state index in [-0.39, 0.29) is 31.1 Å². The number of carbonyl (C=O) groups excluding carboxylic acids is 3. The molecule has 0 saturated carbocycles. The van der Waals surface area contributed by atoms with Crippen molar-refractivity contribution in [3.05, 3.63) is 109 Å². The van der Waals surface area contributed by atoms with Crippen LogP contribution >= 0.6 is 0 Å². The molecule has 6 heteroatoms. The Morgan fingerprint density at radius 1 is 0.256 bits per heavy atom. The van der Waals surface area contributed by atoms with E-state index in [4.69, 9.17) is 14.2 Å². The van der Waals surface area contributed by atoms with Crippen molar-refractivity contribution in [2.45, 2.75) is 341 Å². The van der Waals surface area contributed by atoms with Crippen LogP contribution in [0.2, 0.25) is 0 Å². The van der Waals surface area contributed by atoms with Gasteiger partial charge in [-0.05, 0) is 109 Å². The number of esters is 3. The smallest absolute Gasteiger partial charge is 0.306 e. The molecular weight excluding hydrogens is 1010 g/mol. The number of hydrogen-bond donors (Lipinski definition) is 0. The molecule has 0 N–H and O–H groups in total. The number of unbranched alkanes of at least 4 members (excludes halogenated alkanes) is 34. The highest BCUT2D eigenvalue weighted by Gasteiger charge is 2.19. The molecule has 0 rings (SSSR count). The van der Waals surface area contributed by atoms with Crippen LogP contribution in [0.3, 0.4) is 0 Å². The average Bonchev–Trinajstić information content (AvgIpc) is 3.47. The van der Waals surface area contributed by atoms with Gasteiger partial charge in [-0.25, -0.2) is 0 Å². The van der Waals surface area contributed by atoms with Crippen molar-refractivity contribution in [3.8, 4) is 0 Å². The monoisotopic (exact) mass is 1140 g/mol. The summed E-state index contributed by atoms with van der Waals surface area (Å²) in [6.07, 6.45) is 95.4. The van der Waals surface area contributed by atoms with E-state index in [9.17, 15) is 14.4 Å². The van der Waals surface area contributed by atoms with E-state index >= 15 is 0 Å². The molecule has 0 aliphatic heterocycles. The van der Waals surface area contributed by atoms with Crippen molar-refractivity contribution < 1.29 is 28.6 Å². The lowest BCUT2D eigenvalue weighted by Crippen LogP contribution is -2.30. The van der Waals surface area contributed by atoms with E-state index < -0.39 is 6.10 Å². The molecule has 6 nitrogen and oxygen atoms in total. The van der Waals surface area contributed by atoms with Gasteiger partial charge in [0.15, 0.2) is 6.10 Å². The highest BCUT2D eigenvalue weighted by Crippen LogP contribution is 2.17. The second-order valence-corrected chi connectivity index (χ2v) is 23.1. The van der Waals surface area contributed by atoms with Crippen LogP contribution < -0.4 is 0 Å². The average molecular weight is 1140 g/mol. The summed E-state index contributed by atoms with van der Waals surface area (Å²) in [5.74, 6) is -0.893. The second-order valence-electron chi connectivity index (χ2n) is 23.1. The molecule has 0 aliphatic carbocycles. The summed E-state index contributed by atoms with van der Waals surface area (Å²) in [6.45, 7) is 6.53. The Labute approximate surface area is 508 Å². The van der Waals surface area contributed by atoms with Crippen LogP contribution in [0, 0.1) is 0 Å². The van der Waals surface area contributed by atoms with Crippen LogP contribution in [-0.2, 0) is 28.6 Å². The Balaban J connectivity index is 4.32. The minimum atomic E-state index is -0.788. The second kappa shape index (κ2) is 69.6. The van der Waals surface area contributed by atoms with Gasteiger partial charge in [-0.2, -0.15) is 0 Å². The quantitative estimate of drug-likeness (QED) is 0.0261. The Morgan fingerprint density at radius 2 is 0.476 bits per heavy atom. The zero-order chi connectivity index (χ0) is 59.2. The molecule has 0 spiro atoms. The van der Waals surface area contributed by atoms with Gasteiger partial charge in [0.25, 0.3) is 0 Å². The lowest BCUT2D eigenvalue weighted by atomic mass is 10.0. The Hall–Kier alpha value is -3.93. The van der Waals surface area contributed by atoms with Crippen molar-refractivity contribution >= 4 is 17.9 Å². The van der Waals surface area contributed by atoms with Gasteiger partial charge in [-0.15, -0.1) is 0 Å². The minimum Gasteiger partial charge on any atom is -0.462 e. The standard InChI is InChI=1S/C76H130O6/c1-4-7-10-13-16-19-22-25-27-29-31-33-34-35-36-37-38-39-40-41-42-43-45-46-48-51-54-57-60-63-66-69-75(78)81-72-73(71-80-74(77)68-65-62-59-56-53-50-24-21-18-15-12-9-6-3)82-76(79)70-67-64-61-58-55-52-49-47-44-32-30-28-26-23-20-17-14-11-8-5-2/h7,10,16,19,21,24-25,27,31,33,35-36,38-39,41-42,45-46,73H,4-6,8-9,11-15,17-18,20,22-23,26,28-30,32,34,37,40,43-44,47-72H2,1-3H3/b10-7-,19-16-,24-21-,27-25-,33-31-,36-35-,39-38-,42-41-,46-45-. The van der Waals surface area contributed by atoms with Crippen LogP contribution in [0.5, 0.6) is 0 Å². The first-order chi connectivity index (χ1) is 40.5. The molecule has 0 bridgehead atoms. The molecule has 0 radical (unpaired) electrons. The number of hydrogen-bond acceptors (Lipinski definition) is 6. The molecule has 0 saturated heterocycles. The first kappa shape index (κ1) is 78.1. The van der Waals surface area contributed by atoms with Crippen molar-refractivity contribution in [3.63, 3.8) is 0 Å². The molecular formula is C76H130O6.